The van der Waals surface area contributed by atoms with Gasteiger partial charge in [-0.15, -0.1) is 0 Å². The lowest BCUT2D eigenvalue weighted by Crippen LogP contribution is -2.25. The Morgan fingerprint density at radius 3 is 2.00 bits per heavy atom. The first-order chi connectivity index (χ1) is 11.8. The van der Waals surface area contributed by atoms with Crippen LogP contribution in [0.1, 0.15) is 81.8 Å². The van der Waals surface area contributed by atoms with Crippen LogP contribution < -0.4 is 0 Å². The predicted molar refractivity (Wildman–Crippen MR) is 106 cm³/mol. The van der Waals surface area contributed by atoms with Crippen molar-refractivity contribution < 1.29 is 0 Å². The van der Waals surface area contributed by atoms with Crippen LogP contribution in [0.4, 0.5) is 0 Å². The molecule has 0 bridgehead atoms. The van der Waals surface area contributed by atoms with E-state index in [9.17, 15) is 0 Å². The van der Waals surface area contributed by atoms with Crippen LogP contribution in [0.5, 0.6) is 0 Å². The highest BCUT2D eigenvalue weighted by atomic mass is 35.5. The summed E-state index contributed by atoms with van der Waals surface area (Å²) in [5.74, 6) is 3.53. The molecule has 2 fully saturated rings. The molecule has 132 valence electrons. The maximum absolute atomic E-state index is 5.74. The van der Waals surface area contributed by atoms with Crippen molar-refractivity contribution in [3.8, 4) is 0 Å². The van der Waals surface area contributed by atoms with Crippen LogP contribution in [-0.4, -0.2) is 0 Å². The summed E-state index contributed by atoms with van der Waals surface area (Å²) in [6, 6.07) is 9.52. The minimum atomic E-state index is 0.747. The summed E-state index contributed by atoms with van der Waals surface area (Å²) >= 11 is 5.74. The molecule has 3 rings (SSSR count). The van der Waals surface area contributed by atoms with Crippen molar-refractivity contribution >= 4 is 11.6 Å². The number of benzene rings is 1. The van der Waals surface area contributed by atoms with Crippen molar-refractivity contribution in [2.24, 2.45) is 17.8 Å². The molecule has 0 spiro atoms. The molecule has 24 heavy (non-hydrogen) atoms. The Kier molecular flexibility index (Phi) is 6.84. The van der Waals surface area contributed by atoms with Crippen LogP contribution in [-0.2, 0) is 6.42 Å². The van der Waals surface area contributed by atoms with E-state index in [1.54, 1.807) is 11.1 Å². The minimum absolute atomic E-state index is 0.747. The van der Waals surface area contributed by atoms with E-state index in [-0.39, 0.29) is 0 Å². The van der Waals surface area contributed by atoms with Crippen LogP contribution >= 0.6 is 11.6 Å². The number of aryl methyl sites for hydroxylation is 1. The molecule has 0 N–H and O–H groups in total. The molecule has 0 amide bonds. The van der Waals surface area contributed by atoms with Gasteiger partial charge in [-0.2, -0.15) is 0 Å². The van der Waals surface area contributed by atoms with Crippen molar-refractivity contribution in [1.29, 1.82) is 0 Å². The molecule has 0 aromatic heterocycles. The Morgan fingerprint density at radius 1 is 0.875 bits per heavy atom. The summed E-state index contributed by atoms with van der Waals surface area (Å²) in [6.07, 6.45) is 15.9. The number of halogens is 1. The quantitative estimate of drug-likeness (QED) is 0.519. The third-order valence-electron chi connectivity index (χ3n) is 6.59. The third-order valence-corrected chi connectivity index (χ3v) is 6.74. The Morgan fingerprint density at radius 2 is 1.46 bits per heavy atom. The second kappa shape index (κ2) is 9.09. The fourth-order valence-electron chi connectivity index (χ4n) is 5.08. The first kappa shape index (κ1) is 18.1. The van der Waals surface area contributed by atoms with E-state index >= 15 is 0 Å². The molecule has 1 aromatic rings. The lowest BCUT2D eigenvalue weighted by Gasteiger charge is -2.37. The van der Waals surface area contributed by atoms with Gasteiger partial charge in [-0.25, -0.2) is 0 Å². The van der Waals surface area contributed by atoms with Crippen molar-refractivity contribution in [1.82, 2.24) is 0 Å². The molecule has 2 aliphatic carbocycles. The molecule has 2 saturated carbocycles. The fraction of sp³-hybridized carbons (Fsp3) is 0.652. The van der Waals surface area contributed by atoms with E-state index in [0.717, 1.165) is 23.7 Å². The van der Waals surface area contributed by atoms with E-state index in [1.807, 2.05) is 0 Å². The number of hydrogen-bond acceptors (Lipinski definition) is 0. The van der Waals surface area contributed by atoms with Crippen LogP contribution in [0, 0.1) is 17.8 Å². The van der Waals surface area contributed by atoms with Crippen molar-refractivity contribution in [3.05, 3.63) is 47.0 Å². The van der Waals surface area contributed by atoms with Gasteiger partial charge in [0, 0.05) is 5.54 Å². The van der Waals surface area contributed by atoms with Gasteiger partial charge in [0.1, 0.15) is 0 Å². The Bertz CT molecular complexity index is 499. The zero-order valence-electron chi connectivity index (χ0n) is 15.2. The molecule has 0 radical (unpaired) electrons. The monoisotopic (exact) mass is 344 g/mol. The molecule has 0 nitrogen and oxygen atoms in total. The molecule has 0 heterocycles. The maximum Gasteiger partial charge on any atom is 0.000525 e. The molecule has 2 aliphatic rings. The first-order valence-electron chi connectivity index (χ1n) is 10.2. The van der Waals surface area contributed by atoms with E-state index in [4.69, 9.17) is 11.6 Å². The summed E-state index contributed by atoms with van der Waals surface area (Å²) in [5, 5.41) is 0. The molecular formula is C23H33Cl. The smallest absolute Gasteiger partial charge is 0.000525 e. The van der Waals surface area contributed by atoms with Crippen molar-refractivity contribution in [2.75, 3.05) is 0 Å². The second-order valence-corrected chi connectivity index (χ2v) is 8.35. The molecule has 1 heteroatoms. The lowest BCUT2D eigenvalue weighted by molar-refractivity contribution is 0.171. The van der Waals surface area contributed by atoms with Gasteiger partial charge in [0.2, 0.25) is 0 Å². The summed E-state index contributed by atoms with van der Waals surface area (Å²) < 4.78 is 0. The molecule has 0 saturated heterocycles. The Balaban J connectivity index is 1.47. The zero-order valence-corrected chi connectivity index (χ0v) is 16.0. The highest BCUT2D eigenvalue weighted by Crippen LogP contribution is 2.44. The summed E-state index contributed by atoms with van der Waals surface area (Å²) in [5.41, 5.74) is 4.81. The van der Waals surface area contributed by atoms with E-state index in [0.29, 0.717) is 0 Å². The van der Waals surface area contributed by atoms with Gasteiger partial charge < -0.3 is 0 Å². The molecular weight excluding hydrogens is 312 g/mol. The minimum Gasteiger partial charge on any atom is -0.0933 e. The van der Waals surface area contributed by atoms with E-state index in [2.05, 4.69) is 37.3 Å². The van der Waals surface area contributed by atoms with Gasteiger partial charge in [-0.1, -0.05) is 55.3 Å². The summed E-state index contributed by atoms with van der Waals surface area (Å²) in [7, 11) is 0. The third kappa shape index (κ3) is 4.66. The maximum atomic E-state index is 5.74. The van der Waals surface area contributed by atoms with Crippen LogP contribution in [0.3, 0.4) is 0 Å². The second-order valence-electron chi connectivity index (χ2n) is 8.10. The fourth-order valence-corrected chi connectivity index (χ4v) is 5.29. The average molecular weight is 345 g/mol. The summed E-state index contributed by atoms with van der Waals surface area (Å²) in [6.45, 7) is 2.26. The zero-order chi connectivity index (χ0) is 16.8. The van der Waals surface area contributed by atoms with Crippen LogP contribution in [0.2, 0.25) is 0 Å². The van der Waals surface area contributed by atoms with Gasteiger partial charge in [-0.3, -0.25) is 0 Å². The lowest BCUT2D eigenvalue weighted by atomic mass is 9.68. The number of rotatable bonds is 5. The first-order valence-corrected chi connectivity index (χ1v) is 10.6. The summed E-state index contributed by atoms with van der Waals surface area (Å²) in [4.78, 5) is 0. The van der Waals surface area contributed by atoms with E-state index < -0.39 is 0 Å². The highest BCUT2D eigenvalue weighted by molar-refractivity contribution is 6.25. The largest absolute Gasteiger partial charge is 0.0933 e. The number of hydrogen-bond donors (Lipinski definition) is 0. The Hall–Kier alpha value is -0.750. The standard InChI is InChI=1S/C23H33Cl/c1-2-3-18-4-8-20(9-5-18)22-12-14-23(15-13-22)21-10-6-19(7-11-21)16-17-24/h4-5,8-9,16-17,19,21-23H,2-3,6-7,10-15H2,1H3. The van der Waals surface area contributed by atoms with Gasteiger partial charge in [0.15, 0.2) is 0 Å². The van der Waals surface area contributed by atoms with Crippen molar-refractivity contribution in [2.45, 2.75) is 77.0 Å². The van der Waals surface area contributed by atoms with Crippen LogP contribution in [0.25, 0.3) is 0 Å². The average Bonchev–Trinajstić information content (AvgIpc) is 2.64. The molecule has 0 aliphatic heterocycles. The van der Waals surface area contributed by atoms with Gasteiger partial charge in [0.05, 0.1) is 0 Å². The molecule has 1 aromatic carbocycles. The van der Waals surface area contributed by atoms with E-state index in [1.165, 1.54) is 69.8 Å². The van der Waals surface area contributed by atoms with Crippen molar-refractivity contribution in [3.63, 3.8) is 0 Å². The number of allylic oxidation sites excluding steroid dienone is 1. The molecule has 0 atom stereocenters. The SMILES string of the molecule is CCCc1ccc(C2CCC(C3CCC(C=CCl)CC3)CC2)cc1. The molecule has 0 unspecified atom stereocenters. The van der Waals surface area contributed by atoms with Gasteiger partial charge in [-0.05, 0) is 92.6 Å². The Labute approximate surface area is 153 Å². The van der Waals surface area contributed by atoms with Gasteiger partial charge >= 0.3 is 0 Å². The topological polar surface area (TPSA) is 0 Å². The van der Waals surface area contributed by atoms with Gasteiger partial charge in [0.25, 0.3) is 0 Å². The highest BCUT2D eigenvalue weighted by Gasteiger charge is 2.30. The predicted octanol–water partition coefficient (Wildman–Crippen LogP) is 7.47. The van der Waals surface area contributed by atoms with Crippen LogP contribution in [0.15, 0.2) is 35.9 Å². The normalized spacial score (nSPS) is 31.4.